The summed E-state index contributed by atoms with van der Waals surface area (Å²) in [6.07, 6.45) is 2.15. The summed E-state index contributed by atoms with van der Waals surface area (Å²) in [5.74, 6) is 0.0875. The third-order valence-electron chi connectivity index (χ3n) is 3.13. The van der Waals surface area contributed by atoms with E-state index in [1.165, 1.54) is 0 Å². The van der Waals surface area contributed by atoms with Crippen LogP contribution in [0, 0.1) is 0 Å². The quantitative estimate of drug-likeness (QED) is 0.840. The molecule has 0 unspecified atom stereocenters. The molecule has 0 saturated carbocycles. The van der Waals surface area contributed by atoms with Crippen molar-refractivity contribution in [2.45, 2.75) is 39.5 Å². The van der Waals surface area contributed by atoms with Crippen LogP contribution in [0.1, 0.15) is 31.3 Å². The zero-order valence-electron chi connectivity index (χ0n) is 11.0. The highest BCUT2D eigenvalue weighted by Gasteiger charge is 2.28. The van der Waals surface area contributed by atoms with Crippen LogP contribution in [0.5, 0.6) is 0 Å². The molecule has 100 valence electrons. The Morgan fingerprint density at radius 2 is 2.06 bits per heavy atom. The Morgan fingerprint density at radius 1 is 1.44 bits per heavy atom. The number of carbonyl (C=O) groups is 1. The van der Waals surface area contributed by atoms with E-state index in [9.17, 15) is 4.79 Å². The van der Waals surface area contributed by atoms with E-state index in [-0.39, 0.29) is 18.1 Å². The van der Waals surface area contributed by atoms with E-state index in [1.807, 2.05) is 42.5 Å². The molecule has 1 aliphatic rings. The van der Waals surface area contributed by atoms with Crippen molar-refractivity contribution in [2.75, 3.05) is 13.1 Å². The Kier molecular flexibility index (Phi) is 4.12. The van der Waals surface area contributed by atoms with Crippen LogP contribution < -0.4 is 0 Å². The minimum Gasteiger partial charge on any atom is -0.372 e. The second kappa shape index (κ2) is 5.45. The molecule has 2 atom stereocenters. The van der Waals surface area contributed by atoms with Crippen molar-refractivity contribution in [3.05, 3.63) is 22.4 Å². The van der Waals surface area contributed by atoms with Crippen molar-refractivity contribution in [3.63, 3.8) is 0 Å². The van der Waals surface area contributed by atoms with E-state index in [0.29, 0.717) is 13.1 Å². The number of carbonyl (C=O) groups excluding carboxylic acids is 1. The van der Waals surface area contributed by atoms with E-state index in [1.54, 1.807) is 0 Å². The van der Waals surface area contributed by atoms with Gasteiger partial charge >= 0.3 is 0 Å². The zero-order valence-corrected chi connectivity index (χ0v) is 12.6. The van der Waals surface area contributed by atoms with Crippen molar-refractivity contribution in [3.8, 4) is 0 Å². The molecule has 1 aromatic heterocycles. The van der Waals surface area contributed by atoms with Gasteiger partial charge in [0.25, 0.3) is 5.91 Å². The molecule has 1 aliphatic heterocycles. The second-order valence-electron chi connectivity index (χ2n) is 4.80. The summed E-state index contributed by atoms with van der Waals surface area (Å²) in [7, 11) is 0. The van der Waals surface area contributed by atoms with Gasteiger partial charge in [-0.15, -0.1) is 0 Å². The van der Waals surface area contributed by atoms with Crippen LogP contribution in [-0.4, -0.2) is 40.7 Å². The Bertz CT molecular complexity index is 434. The summed E-state index contributed by atoms with van der Waals surface area (Å²) in [4.78, 5) is 14.4. The van der Waals surface area contributed by atoms with Crippen LogP contribution in [0.15, 0.2) is 16.7 Å². The summed E-state index contributed by atoms with van der Waals surface area (Å²) in [6.45, 7) is 8.16. The summed E-state index contributed by atoms with van der Waals surface area (Å²) >= 11 is 3.42. The first-order valence-corrected chi connectivity index (χ1v) is 7.11. The lowest BCUT2D eigenvalue weighted by Gasteiger charge is -2.35. The monoisotopic (exact) mass is 314 g/mol. The molecule has 4 nitrogen and oxygen atoms in total. The first-order valence-electron chi connectivity index (χ1n) is 6.31. The summed E-state index contributed by atoms with van der Waals surface area (Å²) in [5, 5.41) is 0. The number of nitrogens with zero attached hydrogens (tertiary/aromatic N) is 2. The van der Waals surface area contributed by atoms with Gasteiger partial charge < -0.3 is 14.2 Å². The standard InChI is InChI=1S/C13H19BrN2O2/c1-4-15-8-11(14)5-12(15)13(17)16-6-9(2)18-10(3)7-16/h5,8-10H,4,6-7H2,1-3H3/t9-,10+. The van der Waals surface area contributed by atoms with Crippen molar-refractivity contribution in [1.82, 2.24) is 9.47 Å². The largest absolute Gasteiger partial charge is 0.372 e. The number of rotatable bonds is 2. The first-order chi connectivity index (χ1) is 8.51. The van der Waals surface area contributed by atoms with Crippen LogP contribution >= 0.6 is 15.9 Å². The van der Waals surface area contributed by atoms with Gasteiger partial charge in [-0.2, -0.15) is 0 Å². The highest BCUT2D eigenvalue weighted by atomic mass is 79.9. The number of hydrogen-bond acceptors (Lipinski definition) is 2. The van der Waals surface area contributed by atoms with Gasteiger partial charge in [0, 0.05) is 30.3 Å². The number of morpholine rings is 1. The van der Waals surface area contributed by atoms with Gasteiger partial charge in [-0.05, 0) is 42.8 Å². The van der Waals surface area contributed by atoms with Gasteiger partial charge in [-0.3, -0.25) is 4.79 Å². The van der Waals surface area contributed by atoms with E-state index in [4.69, 9.17) is 4.74 Å². The number of halogens is 1. The molecule has 0 N–H and O–H groups in total. The summed E-state index contributed by atoms with van der Waals surface area (Å²) < 4.78 is 8.57. The lowest BCUT2D eigenvalue weighted by molar-refractivity contribution is -0.0588. The predicted molar refractivity (Wildman–Crippen MR) is 73.7 cm³/mol. The van der Waals surface area contributed by atoms with E-state index in [2.05, 4.69) is 15.9 Å². The number of ether oxygens (including phenoxy) is 1. The van der Waals surface area contributed by atoms with E-state index < -0.39 is 0 Å². The predicted octanol–water partition coefficient (Wildman–Crippen LogP) is 2.52. The third-order valence-corrected chi connectivity index (χ3v) is 3.56. The van der Waals surface area contributed by atoms with Crippen molar-refractivity contribution in [2.24, 2.45) is 0 Å². The van der Waals surface area contributed by atoms with E-state index >= 15 is 0 Å². The molecular weight excluding hydrogens is 296 g/mol. The van der Waals surface area contributed by atoms with Gasteiger partial charge in [0.15, 0.2) is 0 Å². The number of hydrogen-bond donors (Lipinski definition) is 0. The fourth-order valence-corrected chi connectivity index (χ4v) is 2.89. The molecule has 0 aliphatic carbocycles. The maximum atomic E-state index is 12.5. The Morgan fingerprint density at radius 3 is 2.61 bits per heavy atom. The van der Waals surface area contributed by atoms with Crippen molar-refractivity contribution < 1.29 is 9.53 Å². The molecule has 2 rings (SSSR count). The van der Waals surface area contributed by atoms with Crippen LogP contribution in [0.25, 0.3) is 0 Å². The van der Waals surface area contributed by atoms with Crippen molar-refractivity contribution >= 4 is 21.8 Å². The Labute approximate surface area is 116 Å². The molecule has 0 aromatic carbocycles. The minimum absolute atomic E-state index is 0.0875. The summed E-state index contributed by atoms with van der Waals surface area (Å²) in [6, 6.07) is 1.89. The molecule has 18 heavy (non-hydrogen) atoms. The lowest BCUT2D eigenvalue weighted by atomic mass is 10.2. The van der Waals surface area contributed by atoms with Gasteiger partial charge in [-0.1, -0.05) is 0 Å². The highest BCUT2D eigenvalue weighted by Crippen LogP contribution is 2.19. The first kappa shape index (κ1) is 13.6. The SMILES string of the molecule is CCn1cc(Br)cc1C(=O)N1C[C@@H](C)O[C@@H](C)C1. The maximum absolute atomic E-state index is 12.5. The Hall–Kier alpha value is -0.810. The van der Waals surface area contributed by atoms with E-state index in [0.717, 1.165) is 16.7 Å². The number of aromatic nitrogens is 1. The average Bonchev–Trinajstić information content (AvgIpc) is 2.68. The van der Waals surface area contributed by atoms with Crippen LogP contribution in [-0.2, 0) is 11.3 Å². The van der Waals surface area contributed by atoms with Gasteiger partial charge in [0.2, 0.25) is 0 Å². The van der Waals surface area contributed by atoms with Crippen LogP contribution in [0.4, 0.5) is 0 Å². The van der Waals surface area contributed by atoms with Crippen LogP contribution in [0.3, 0.4) is 0 Å². The fourth-order valence-electron chi connectivity index (χ4n) is 2.42. The molecule has 0 bridgehead atoms. The molecule has 1 amide bonds. The Balaban J connectivity index is 2.19. The fraction of sp³-hybridized carbons (Fsp3) is 0.615. The topological polar surface area (TPSA) is 34.5 Å². The minimum atomic E-state index is 0.0875. The number of aryl methyl sites for hydroxylation is 1. The molecular formula is C13H19BrN2O2. The molecule has 0 radical (unpaired) electrons. The highest BCUT2D eigenvalue weighted by molar-refractivity contribution is 9.10. The van der Waals surface area contributed by atoms with Gasteiger partial charge in [-0.25, -0.2) is 0 Å². The zero-order chi connectivity index (χ0) is 13.3. The van der Waals surface area contributed by atoms with Crippen LogP contribution in [0.2, 0.25) is 0 Å². The smallest absolute Gasteiger partial charge is 0.270 e. The molecule has 5 heteroatoms. The lowest BCUT2D eigenvalue weighted by Crippen LogP contribution is -2.48. The number of amides is 1. The molecule has 1 fully saturated rings. The summed E-state index contributed by atoms with van der Waals surface area (Å²) in [5.41, 5.74) is 0.741. The average molecular weight is 315 g/mol. The third kappa shape index (κ3) is 2.78. The molecule has 1 saturated heterocycles. The maximum Gasteiger partial charge on any atom is 0.270 e. The van der Waals surface area contributed by atoms with Crippen molar-refractivity contribution in [1.29, 1.82) is 0 Å². The van der Waals surface area contributed by atoms with Gasteiger partial charge in [0.05, 0.1) is 12.2 Å². The molecule has 2 heterocycles. The normalized spacial score (nSPS) is 24.3. The second-order valence-corrected chi connectivity index (χ2v) is 5.71. The van der Waals surface area contributed by atoms with Gasteiger partial charge in [0.1, 0.15) is 5.69 Å². The molecule has 1 aromatic rings. The molecule has 0 spiro atoms.